The van der Waals surface area contributed by atoms with E-state index in [0.717, 1.165) is 30.1 Å². The standard InChI is InChI=1S/C19H28BNO3/c1-18(2)13-10-15(18)19(3)16(11-13)23-20(24-19)17(21)9-12-6-5-7-14(8-12)22-4/h5-8,13,15-17H,9-11,21H2,1-4H3/t13-,15-,16+,17-,19-/m0/s1. The lowest BCUT2D eigenvalue weighted by atomic mass is 9.43. The fourth-order valence-electron chi connectivity index (χ4n) is 5.25. The van der Waals surface area contributed by atoms with E-state index in [2.05, 4.69) is 26.8 Å². The zero-order chi connectivity index (χ0) is 17.1. The minimum atomic E-state index is -0.318. The van der Waals surface area contributed by atoms with Crippen LogP contribution in [0.2, 0.25) is 0 Å². The predicted octanol–water partition coefficient (Wildman–Crippen LogP) is 2.83. The summed E-state index contributed by atoms with van der Waals surface area (Å²) in [4.78, 5) is 0. The van der Waals surface area contributed by atoms with Gasteiger partial charge in [-0.2, -0.15) is 0 Å². The molecule has 4 aliphatic rings. The van der Waals surface area contributed by atoms with Crippen molar-refractivity contribution in [2.24, 2.45) is 23.0 Å². The first-order valence-corrected chi connectivity index (χ1v) is 9.06. The zero-order valence-electron chi connectivity index (χ0n) is 15.1. The molecule has 0 aromatic heterocycles. The molecule has 130 valence electrons. The van der Waals surface area contributed by atoms with Crippen LogP contribution >= 0.6 is 0 Å². The maximum Gasteiger partial charge on any atom is 0.475 e. The molecule has 0 radical (unpaired) electrons. The van der Waals surface area contributed by atoms with Gasteiger partial charge in [0, 0.05) is 5.94 Å². The van der Waals surface area contributed by atoms with E-state index in [9.17, 15) is 0 Å². The average molecular weight is 329 g/mol. The van der Waals surface area contributed by atoms with Crippen molar-refractivity contribution in [2.45, 2.75) is 57.7 Å². The summed E-state index contributed by atoms with van der Waals surface area (Å²) in [5.41, 5.74) is 7.78. The maximum atomic E-state index is 6.45. The summed E-state index contributed by atoms with van der Waals surface area (Å²) in [6, 6.07) is 8.05. The van der Waals surface area contributed by atoms with Crippen molar-refractivity contribution in [3.8, 4) is 5.75 Å². The summed E-state index contributed by atoms with van der Waals surface area (Å²) in [6.07, 6.45) is 3.28. The summed E-state index contributed by atoms with van der Waals surface area (Å²) in [7, 11) is 1.36. The van der Waals surface area contributed by atoms with Gasteiger partial charge < -0.3 is 19.8 Å². The number of hydrogen-bond donors (Lipinski definition) is 1. The first-order chi connectivity index (χ1) is 11.3. The van der Waals surface area contributed by atoms with Crippen LogP contribution in [0.4, 0.5) is 0 Å². The molecular formula is C19H28BNO3. The molecule has 1 saturated heterocycles. The second-order valence-electron chi connectivity index (χ2n) is 8.56. The van der Waals surface area contributed by atoms with Crippen molar-refractivity contribution in [2.75, 3.05) is 7.11 Å². The molecule has 24 heavy (non-hydrogen) atoms. The zero-order valence-corrected chi connectivity index (χ0v) is 15.1. The average Bonchev–Trinajstić information content (AvgIpc) is 2.92. The van der Waals surface area contributed by atoms with Crippen LogP contribution in [-0.2, 0) is 15.7 Å². The Labute approximate surface area is 145 Å². The van der Waals surface area contributed by atoms with E-state index in [1.54, 1.807) is 7.11 Å². The lowest BCUT2D eigenvalue weighted by molar-refractivity contribution is -0.199. The number of rotatable bonds is 4. The van der Waals surface area contributed by atoms with Crippen LogP contribution in [0.15, 0.2) is 24.3 Å². The normalized spacial score (nSPS) is 37.5. The van der Waals surface area contributed by atoms with Crippen molar-refractivity contribution >= 4 is 7.12 Å². The van der Waals surface area contributed by atoms with Gasteiger partial charge in [-0.05, 0) is 61.1 Å². The Hall–Kier alpha value is -1.04. The van der Waals surface area contributed by atoms with Crippen LogP contribution in [-0.4, -0.2) is 31.9 Å². The Morgan fingerprint density at radius 2 is 2.12 bits per heavy atom. The monoisotopic (exact) mass is 329 g/mol. The van der Waals surface area contributed by atoms with Crippen LogP contribution in [0.1, 0.15) is 39.2 Å². The minimum Gasteiger partial charge on any atom is -0.497 e. The molecule has 1 aliphatic heterocycles. The van der Waals surface area contributed by atoms with Crippen molar-refractivity contribution in [3.05, 3.63) is 29.8 Å². The van der Waals surface area contributed by atoms with E-state index < -0.39 is 0 Å². The van der Waals surface area contributed by atoms with E-state index in [4.69, 9.17) is 19.8 Å². The molecule has 1 aromatic carbocycles. The Morgan fingerprint density at radius 1 is 1.33 bits per heavy atom. The quantitative estimate of drug-likeness (QED) is 0.863. The van der Waals surface area contributed by atoms with Crippen molar-refractivity contribution in [1.29, 1.82) is 0 Å². The van der Waals surface area contributed by atoms with Gasteiger partial charge in [0.25, 0.3) is 0 Å². The molecule has 4 nitrogen and oxygen atoms in total. The van der Waals surface area contributed by atoms with Crippen LogP contribution in [0, 0.1) is 17.3 Å². The molecular weight excluding hydrogens is 301 g/mol. The molecule has 0 amide bonds. The highest BCUT2D eigenvalue weighted by Gasteiger charge is 2.68. The van der Waals surface area contributed by atoms with Gasteiger partial charge in [-0.1, -0.05) is 26.0 Å². The number of ether oxygens (including phenoxy) is 1. The van der Waals surface area contributed by atoms with Crippen molar-refractivity contribution in [1.82, 2.24) is 0 Å². The fraction of sp³-hybridized carbons (Fsp3) is 0.684. The van der Waals surface area contributed by atoms with Gasteiger partial charge >= 0.3 is 7.12 Å². The lowest BCUT2D eigenvalue weighted by Crippen LogP contribution is -2.65. The molecule has 0 spiro atoms. The third-order valence-corrected chi connectivity index (χ3v) is 6.92. The maximum absolute atomic E-state index is 6.45. The summed E-state index contributed by atoms with van der Waals surface area (Å²) in [5, 5.41) is 0. The molecule has 5 rings (SSSR count). The first-order valence-electron chi connectivity index (χ1n) is 9.06. The summed E-state index contributed by atoms with van der Waals surface area (Å²) < 4.78 is 18.0. The third-order valence-electron chi connectivity index (χ3n) is 6.92. The van der Waals surface area contributed by atoms with Gasteiger partial charge in [0.05, 0.1) is 18.8 Å². The topological polar surface area (TPSA) is 53.7 Å². The molecule has 3 saturated carbocycles. The molecule has 4 fully saturated rings. The summed E-state index contributed by atoms with van der Waals surface area (Å²) in [5.74, 6) is 2.02. The second-order valence-corrected chi connectivity index (χ2v) is 8.56. The van der Waals surface area contributed by atoms with Crippen molar-refractivity contribution in [3.63, 3.8) is 0 Å². The molecule has 3 aliphatic carbocycles. The first kappa shape index (κ1) is 16.4. The number of methoxy groups -OCH3 is 1. The minimum absolute atomic E-state index is 0.167. The molecule has 2 N–H and O–H groups in total. The predicted molar refractivity (Wildman–Crippen MR) is 94.8 cm³/mol. The smallest absolute Gasteiger partial charge is 0.475 e. The largest absolute Gasteiger partial charge is 0.497 e. The van der Waals surface area contributed by atoms with Gasteiger partial charge in [-0.15, -0.1) is 0 Å². The molecule has 1 aromatic rings. The molecule has 2 bridgehead atoms. The van der Waals surface area contributed by atoms with E-state index in [0.29, 0.717) is 11.3 Å². The highest BCUT2D eigenvalue weighted by molar-refractivity contribution is 6.47. The fourth-order valence-corrected chi connectivity index (χ4v) is 5.25. The number of benzene rings is 1. The van der Waals surface area contributed by atoms with Crippen LogP contribution in [0.5, 0.6) is 5.75 Å². The Balaban J connectivity index is 1.46. The lowest BCUT2D eigenvalue weighted by Gasteiger charge is -2.64. The van der Waals surface area contributed by atoms with E-state index >= 15 is 0 Å². The van der Waals surface area contributed by atoms with Gasteiger partial charge in [-0.3, -0.25) is 0 Å². The van der Waals surface area contributed by atoms with Crippen LogP contribution in [0.25, 0.3) is 0 Å². The van der Waals surface area contributed by atoms with Gasteiger partial charge in [-0.25, -0.2) is 0 Å². The van der Waals surface area contributed by atoms with E-state index in [1.807, 2.05) is 18.2 Å². The molecule has 5 heteroatoms. The van der Waals surface area contributed by atoms with Gasteiger partial charge in [0.2, 0.25) is 0 Å². The molecule has 0 unspecified atom stereocenters. The van der Waals surface area contributed by atoms with E-state index in [1.165, 1.54) is 6.42 Å². The number of hydrogen-bond acceptors (Lipinski definition) is 4. The SMILES string of the molecule is COc1cccc(C[C@H](N)B2O[C@@H]3C[C@@H]4C[C@@H](C4(C)C)[C@]3(C)O2)c1. The summed E-state index contributed by atoms with van der Waals surface area (Å²) in [6.45, 7) is 6.98. The van der Waals surface area contributed by atoms with Crippen molar-refractivity contribution < 1.29 is 14.0 Å². The Kier molecular flexibility index (Phi) is 3.75. The molecule has 1 heterocycles. The number of nitrogens with two attached hydrogens (primary N) is 1. The third kappa shape index (κ3) is 2.32. The highest BCUT2D eigenvalue weighted by Crippen LogP contribution is 2.65. The van der Waals surface area contributed by atoms with Gasteiger partial charge in [0.15, 0.2) is 0 Å². The second kappa shape index (κ2) is 5.48. The van der Waals surface area contributed by atoms with Crippen LogP contribution < -0.4 is 10.5 Å². The summed E-state index contributed by atoms with van der Waals surface area (Å²) >= 11 is 0. The highest BCUT2D eigenvalue weighted by atomic mass is 16.7. The van der Waals surface area contributed by atoms with Gasteiger partial charge in [0.1, 0.15) is 5.75 Å². The van der Waals surface area contributed by atoms with E-state index in [-0.39, 0.29) is 24.8 Å². The Morgan fingerprint density at radius 3 is 2.83 bits per heavy atom. The van der Waals surface area contributed by atoms with Crippen LogP contribution in [0.3, 0.4) is 0 Å². The molecule has 5 atom stereocenters. The Bertz CT molecular complexity index is 637.